The molecular formula is C13H24INOS. The van der Waals surface area contributed by atoms with Gasteiger partial charge in [0.15, 0.2) is 0 Å². The number of carbonyl (C=O) groups excluding carboxylic acids is 1. The van der Waals surface area contributed by atoms with Crippen molar-refractivity contribution in [3.8, 4) is 0 Å². The first-order valence-electron chi connectivity index (χ1n) is 6.73. The van der Waals surface area contributed by atoms with Crippen molar-refractivity contribution in [1.29, 1.82) is 0 Å². The van der Waals surface area contributed by atoms with E-state index in [9.17, 15) is 4.79 Å². The van der Waals surface area contributed by atoms with Crippen molar-refractivity contribution in [2.45, 2.75) is 44.9 Å². The fourth-order valence-electron chi connectivity index (χ4n) is 2.09. The zero-order chi connectivity index (χ0) is 12.3. The maximum Gasteiger partial charge on any atom is 0.220 e. The van der Waals surface area contributed by atoms with Crippen molar-refractivity contribution in [2.75, 3.05) is 22.5 Å². The highest BCUT2D eigenvalue weighted by molar-refractivity contribution is 14.1. The molecule has 2 nitrogen and oxygen atoms in total. The zero-order valence-corrected chi connectivity index (χ0v) is 13.5. The molecule has 100 valence electrons. The Hall–Kier alpha value is 0.550. The van der Waals surface area contributed by atoms with Gasteiger partial charge in [-0.1, -0.05) is 35.4 Å². The number of thioether (sulfide) groups is 1. The third kappa shape index (κ3) is 8.30. The molecule has 0 aromatic carbocycles. The molecule has 1 aliphatic heterocycles. The minimum Gasteiger partial charge on any atom is -0.356 e. The minimum atomic E-state index is 0.274. The Morgan fingerprint density at radius 2 is 1.88 bits per heavy atom. The van der Waals surface area contributed by atoms with Gasteiger partial charge in [-0.3, -0.25) is 4.79 Å². The predicted molar refractivity (Wildman–Crippen MR) is 85.0 cm³/mol. The number of hydrogen-bond acceptors (Lipinski definition) is 2. The average molecular weight is 369 g/mol. The second-order valence-corrected chi connectivity index (χ2v) is 7.02. The van der Waals surface area contributed by atoms with Crippen molar-refractivity contribution in [1.82, 2.24) is 5.32 Å². The molecule has 0 atom stereocenters. The van der Waals surface area contributed by atoms with Gasteiger partial charge in [0.05, 0.1) is 0 Å². The van der Waals surface area contributed by atoms with Crippen molar-refractivity contribution in [3.63, 3.8) is 0 Å². The maximum absolute atomic E-state index is 11.7. The molecule has 0 spiro atoms. The second kappa shape index (κ2) is 10.5. The summed E-state index contributed by atoms with van der Waals surface area (Å²) in [5, 5.41) is 3.06. The van der Waals surface area contributed by atoms with Crippen LogP contribution in [0.5, 0.6) is 0 Å². The van der Waals surface area contributed by atoms with E-state index in [1.54, 1.807) is 0 Å². The molecule has 17 heavy (non-hydrogen) atoms. The number of carbonyl (C=O) groups is 1. The quantitative estimate of drug-likeness (QED) is 0.402. The Morgan fingerprint density at radius 3 is 2.59 bits per heavy atom. The topological polar surface area (TPSA) is 29.1 Å². The monoisotopic (exact) mass is 369 g/mol. The highest BCUT2D eigenvalue weighted by atomic mass is 127. The predicted octanol–water partition coefficient (Wildman–Crippen LogP) is 3.63. The number of amides is 1. The van der Waals surface area contributed by atoms with Gasteiger partial charge in [0.2, 0.25) is 5.91 Å². The van der Waals surface area contributed by atoms with Gasteiger partial charge >= 0.3 is 0 Å². The number of unbranched alkanes of at least 4 members (excludes halogenated alkanes) is 3. The number of halogens is 1. The van der Waals surface area contributed by atoms with E-state index in [1.165, 1.54) is 48.0 Å². The fourth-order valence-corrected chi connectivity index (χ4v) is 3.83. The van der Waals surface area contributed by atoms with Gasteiger partial charge in [0.25, 0.3) is 0 Å². The van der Waals surface area contributed by atoms with Crippen LogP contribution in [0, 0.1) is 5.92 Å². The van der Waals surface area contributed by atoms with Crippen LogP contribution in [-0.4, -0.2) is 28.4 Å². The van der Waals surface area contributed by atoms with E-state index in [-0.39, 0.29) is 5.91 Å². The third-order valence-corrected chi connectivity index (χ3v) is 5.01. The zero-order valence-electron chi connectivity index (χ0n) is 10.5. The van der Waals surface area contributed by atoms with Crippen LogP contribution in [-0.2, 0) is 4.79 Å². The summed E-state index contributed by atoms with van der Waals surface area (Å²) in [5.74, 6) is 3.41. The first kappa shape index (κ1) is 15.6. The van der Waals surface area contributed by atoms with Crippen LogP contribution >= 0.6 is 34.4 Å². The number of rotatable bonds is 8. The number of nitrogens with one attached hydrogen (secondary N) is 1. The van der Waals surface area contributed by atoms with Crippen LogP contribution in [0.25, 0.3) is 0 Å². The molecular weight excluding hydrogens is 345 g/mol. The summed E-state index contributed by atoms with van der Waals surface area (Å²) in [5.41, 5.74) is 0. The molecule has 4 heteroatoms. The Bertz CT molecular complexity index is 208. The molecule has 1 amide bonds. The first-order chi connectivity index (χ1) is 8.33. The van der Waals surface area contributed by atoms with Gasteiger partial charge in [0.1, 0.15) is 0 Å². The van der Waals surface area contributed by atoms with Crippen LogP contribution in [0.4, 0.5) is 0 Å². The van der Waals surface area contributed by atoms with Gasteiger partial charge in [0, 0.05) is 13.0 Å². The Morgan fingerprint density at radius 1 is 1.18 bits per heavy atom. The molecule has 0 aromatic heterocycles. The van der Waals surface area contributed by atoms with E-state index < -0.39 is 0 Å². The summed E-state index contributed by atoms with van der Waals surface area (Å²) in [4.78, 5) is 11.7. The van der Waals surface area contributed by atoms with Crippen LogP contribution in [0.15, 0.2) is 0 Å². The number of alkyl halides is 1. The second-order valence-electron chi connectivity index (χ2n) is 4.71. The normalized spacial score (nSPS) is 17.0. The van der Waals surface area contributed by atoms with E-state index in [2.05, 4.69) is 27.9 Å². The molecule has 0 unspecified atom stereocenters. The maximum atomic E-state index is 11.7. The van der Waals surface area contributed by atoms with Crippen LogP contribution in [0.2, 0.25) is 0 Å². The van der Waals surface area contributed by atoms with Crippen molar-refractivity contribution in [2.24, 2.45) is 5.92 Å². The van der Waals surface area contributed by atoms with E-state index in [1.807, 2.05) is 11.8 Å². The molecule has 1 N–H and O–H groups in total. The Labute approximate surface area is 123 Å². The van der Waals surface area contributed by atoms with E-state index in [4.69, 9.17) is 0 Å². The van der Waals surface area contributed by atoms with Gasteiger partial charge in [-0.15, -0.1) is 0 Å². The highest BCUT2D eigenvalue weighted by Gasteiger charge is 2.16. The van der Waals surface area contributed by atoms with Crippen LogP contribution in [0.1, 0.15) is 44.9 Å². The molecule has 0 bridgehead atoms. The minimum absolute atomic E-state index is 0.274. The molecule has 1 saturated heterocycles. The standard InChI is InChI=1S/C13H24INOS/c14-7-3-1-2-4-8-15-13(16)11-12-5-9-17-10-6-12/h12H,1-11H2,(H,15,16). The van der Waals surface area contributed by atoms with E-state index in [0.29, 0.717) is 5.92 Å². The number of hydrogen-bond donors (Lipinski definition) is 1. The molecule has 1 fully saturated rings. The summed E-state index contributed by atoms with van der Waals surface area (Å²) in [7, 11) is 0. The summed E-state index contributed by atoms with van der Waals surface area (Å²) >= 11 is 4.44. The fraction of sp³-hybridized carbons (Fsp3) is 0.923. The largest absolute Gasteiger partial charge is 0.356 e. The van der Waals surface area contributed by atoms with E-state index >= 15 is 0 Å². The lowest BCUT2D eigenvalue weighted by Gasteiger charge is -2.20. The molecule has 1 heterocycles. The Balaban J connectivity index is 1.93. The van der Waals surface area contributed by atoms with Gasteiger partial charge in [-0.05, 0) is 47.5 Å². The summed E-state index contributed by atoms with van der Waals surface area (Å²) in [6, 6.07) is 0. The lowest BCUT2D eigenvalue weighted by molar-refractivity contribution is -0.122. The van der Waals surface area contributed by atoms with Gasteiger partial charge < -0.3 is 5.32 Å². The summed E-state index contributed by atoms with van der Waals surface area (Å²) in [6.07, 6.45) is 8.23. The lowest BCUT2D eigenvalue weighted by atomic mass is 9.98. The van der Waals surface area contributed by atoms with E-state index in [0.717, 1.165) is 19.4 Å². The summed E-state index contributed by atoms with van der Waals surface area (Å²) in [6.45, 7) is 0.877. The van der Waals surface area contributed by atoms with Crippen molar-refractivity contribution >= 4 is 40.3 Å². The molecule has 0 saturated carbocycles. The lowest BCUT2D eigenvalue weighted by Crippen LogP contribution is -2.27. The van der Waals surface area contributed by atoms with Crippen molar-refractivity contribution in [3.05, 3.63) is 0 Å². The SMILES string of the molecule is O=C(CC1CCSCC1)NCCCCCCI. The summed E-state index contributed by atoms with van der Waals surface area (Å²) < 4.78 is 1.25. The highest BCUT2D eigenvalue weighted by Crippen LogP contribution is 2.24. The molecule has 0 radical (unpaired) electrons. The Kier molecular flexibility index (Phi) is 9.61. The van der Waals surface area contributed by atoms with Crippen LogP contribution in [0.3, 0.4) is 0 Å². The van der Waals surface area contributed by atoms with Gasteiger partial charge in [-0.2, -0.15) is 11.8 Å². The van der Waals surface area contributed by atoms with Crippen LogP contribution < -0.4 is 5.32 Å². The average Bonchev–Trinajstić information content (AvgIpc) is 2.35. The first-order valence-corrected chi connectivity index (χ1v) is 9.41. The van der Waals surface area contributed by atoms with Gasteiger partial charge in [-0.25, -0.2) is 0 Å². The molecule has 1 rings (SSSR count). The smallest absolute Gasteiger partial charge is 0.220 e. The molecule has 0 aliphatic carbocycles. The van der Waals surface area contributed by atoms with Crippen molar-refractivity contribution < 1.29 is 4.79 Å². The third-order valence-electron chi connectivity index (χ3n) is 3.20. The molecule has 0 aromatic rings. The molecule has 1 aliphatic rings.